The van der Waals surface area contributed by atoms with Crippen LogP contribution in [0, 0.1) is 13.8 Å². The van der Waals surface area contributed by atoms with Crippen LogP contribution in [0.3, 0.4) is 0 Å². The predicted octanol–water partition coefficient (Wildman–Crippen LogP) is 3.72. The normalized spacial score (nSPS) is 12.2. The second kappa shape index (κ2) is 5.93. The van der Waals surface area contributed by atoms with Crippen molar-refractivity contribution in [1.82, 2.24) is 10.3 Å². The first-order valence-electron chi connectivity index (χ1n) is 6.11. The minimum atomic E-state index is -0.298. The summed E-state index contributed by atoms with van der Waals surface area (Å²) in [5, 5.41) is 13.7. The Morgan fingerprint density at radius 1 is 1.45 bits per heavy atom. The molecular weight excluding hydrogens is 340 g/mol. The quantitative estimate of drug-likeness (QED) is 0.882. The molecule has 1 aromatic carbocycles. The van der Waals surface area contributed by atoms with Gasteiger partial charge in [0.05, 0.1) is 22.3 Å². The SMILES string of the molecule is Cc1nc(C)c(C(C)NC(=O)c2ccc(Br)cc2O)s1. The first-order valence-corrected chi connectivity index (χ1v) is 7.72. The molecule has 20 heavy (non-hydrogen) atoms. The molecule has 4 nitrogen and oxygen atoms in total. The summed E-state index contributed by atoms with van der Waals surface area (Å²) in [5.41, 5.74) is 1.19. The summed E-state index contributed by atoms with van der Waals surface area (Å²) in [5.74, 6) is -0.339. The highest BCUT2D eigenvalue weighted by atomic mass is 79.9. The van der Waals surface area contributed by atoms with Crippen LogP contribution in [0.25, 0.3) is 0 Å². The Kier molecular flexibility index (Phi) is 4.45. The van der Waals surface area contributed by atoms with Gasteiger partial charge in [0.15, 0.2) is 0 Å². The van der Waals surface area contributed by atoms with Crippen molar-refractivity contribution in [3.8, 4) is 5.75 Å². The molecule has 106 valence electrons. The number of phenols is 1. The smallest absolute Gasteiger partial charge is 0.255 e. The summed E-state index contributed by atoms with van der Waals surface area (Å²) >= 11 is 4.82. The number of nitrogens with zero attached hydrogens (tertiary/aromatic N) is 1. The summed E-state index contributed by atoms with van der Waals surface area (Å²) in [6.45, 7) is 5.78. The third kappa shape index (κ3) is 3.19. The van der Waals surface area contributed by atoms with Gasteiger partial charge in [-0.05, 0) is 39.0 Å². The van der Waals surface area contributed by atoms with Crippen molar-refractivity contribution in [1.29, 1.82) is 0 Å². The molecule has 0 bridgehead atoms. The maximum absolute atomic E-state index is 12.2. The van der Waals surface area contributed by atoms with E-state index >= 15 is 0 Å². The van der Waals surface area contributed by atoms with Crippen LogP contribution in [0.5, 0.6) is 5.75 Å². The van der Waals surface area contributed by atoms with Crippen LogP contribution in [-0.4, -0.2) is 16.0 Å². The van der Waals surface area contributed by atoms with Crippen molar-refractivity contribution in [2.75, 3.05) is 0 Å². The molecule has 2 N–H and O–H groups in total. The maximum atomic E-state index is 12.2. The number of carbonyl (C=O) groups is 1. The van der Waals surface area contributed by atoms with Crippen LogP contribution in [-0.2, 0) is 0 Å². The number of nitrogens with one attached hydrogen (secondary N) is 1. The monoisotopic (exact) mass is 354 g/mol. The molecular formula is C14H15BrN2O2S. The number of amides is 1. The van der Waals surface area contributed by atoms with Gasteiger partial charge in [0.1, 0.15) is 5.75 Å². The molecule has 2 aromatic rings. The lowest BCUT2D eigenvalue weighted by Crippen LogP contribution is -2.26. The van der Waals surface area contributed by atoms with Crippen LogP contribution in [0.2, 0.25) is 0 Å². The average molecular weight is 355 g/mol. The van der Waals surface area contributed by atoms with Crippen LogP contribution < -0.4 is 5.32 Å². The first-order chi connectivity index (χ1) is 9.38. The molecule has 6 heteroatoms. The topological polar surface area (TPSA) is 62.2 Å². The lowest BCUT2D eigenvalue weighted by atomic mass is 10.1. The van der Waals surface area contributed by atoms with E-state index in [2.05, 4.69) is 26.2 Å². The van der Waals surface area contributed by atoms with E-state index in [1.54, 1.807) is 23.5 Å². The predicted molar refractivity (Wildman–Crippen MR) is 83.3 cm³/mol. The highest BCUT2D eigenvalue weighted by molar-refractivity contribution is 9.10. The fourth-order valence-corrected chi connectivity index (χ4v) is 3.26. The van der Waals surface area contributed by atoms with Crippen molar-refractivity contribution in [2.24, 2.45) is 0 Å². The number of aromatic hydroxyl groups is 1. The molecule has 1 aromatic heterocycles. The highest BCUT2D eigenvalue weighted by Gasteiger charge is 2.18. The van der Waals surface area contributed by atoms with E-state index in [0.717, 1.165) is 20.1 Å². The number of thiazole rings is 1. The van der Waals surface area contributed by atoms with Crippen LogP contribution in [0.4, 0.5) is 0 Å². The molecule has 0 saturated carbocycles. The van der Waals surface area contributed by atoms with Gasteiger partial charge in [-0.2, -0.15) is 0 Å². The van der Waals surface area contributed by atoms with E-state index in [9.17, 15) is 9.90 Å². The Morgan fingerprint density at radius 2 is 2.15 bits per heavy atom. The van der Waals surface area contributed by atoms with E-state index < -0.39 is 0 Å². The second-order valence-corrected chi connectivity index (χ2v) is 6.69. The molecule has 0 radical (unpaired) electrons. The standard InChI is InChI=1S/C14H15BrN2O2S/c1-7-13(20-9(3)16-7)8(2)17-14(19)11-5-4-10(15)6-12(11)18/h4-6,8,18H,1-3H3,(H,17,19). The number of halogens is 1. The summed E-state index contributed by atoms with van der Waals surface area (Å²) in [6.07, 6.45) is 0. The zero-order chi connectivity index (χ0) is 14.9. The van der Waals surface area contributed by atoms with Crippen molar-refractivity contribution < 1.29 is 9.90 Å². The van der Waals surface area contributed by atoms with Crippen LogP contribution >= 0.6 is 27.3 Å². The van der Waals surface area contributed by atoms with Crippen molar-refractivity contribution in [3.05, 3.63) is 43.8 Å². The van der Waals surface area contributed by atoms with Gasteiger partial charge in [0.2, 0.25) is 0 Å². The van der Waals surface area contributed by atoms with Gasteiger partial charge in [-0.25, -0.2) is 4.98 Å². The van der Waals surface area contributed by atoms with E-state index in [-0.39, 0.29) is 23.3 Å². The lowest BCUT2D eigenvalue weighted by Gasteiger charge is -2.13. The highest BCUT2D eigenvalue weighted by Crippen LogP contribution is 2.26. The van der Waals surface area contributed by atoms with E-state index in [0.29, 0.717) is 0 Å². The Balaban J connectivity index is 2.17. The van der Waals surface area contributed by atoms with Gasteiger partial charge in [0, 0.05) is 9.35 Å². The third-order valence-electron chi connectivity index (χ3n) is 2.88. The van der Waals surface area contributed by atoms with Crippen LogP contribution in [0.1, 0.15) is 38.9 Å². The largest absolute Gasteiger partial charge is 0.507 e. The number of carbonyl (C=O) groups excluding carboxylic acids is 1. The number of hydrogen-bond acceptors (Lipinski definition) is 4. The molecule has 1 atom stereocenters. The number of hydrogen-bond donors (Lipinski definition) is 2. The molecule has 1 amide bonds. The van der Waals surface area contributed by atoms with Gasteiger partial charge in [0.25, 0.3) is 5.91 Å². The molecule has 0 aliphatic carbocycles. The molecule has 0 spiro atoms. The fourth-order valence-electron chi connectivity index (χ4n) is 1.99. The van der Waals surface area contributed by atoms with Crippen molar-refractivity contribution in [3.63, 3.8) is 0 Å². The third-order valence-corrected chi connectivity index (χ3v) is 4.63. The molecule has 1 heterocycles. The zero-order valence-corrected chi connectivity index (χ0v) is 13.8. The fraction of sp³-hybridized carbons (Fsp3) is 0.286. The van der Waals surface area contributed by atoms with Gasteiger partial charge >= 0.3 is 0 Å². The van der Waals surface area contributed by atoms with Gasteiger partial charge in [-0.1, -0.05) is 15.9 Å². The summed E-state index contributed by atoms with van der Waals surface area (Å²) < 4.78 is 0.730. The Hall–Kier alpha value is -1.40. The molecule has 0 fully saturated rings. The van der Waals surface area contributed by atoms with E-state index in [4.69, 9.17) is 0 Å². The van der Waals surface area contributed by atoms with E-state index in [1.165, 1.54) is 6.07 Å². The van der Waals surface area contributed by atoms with Gasteiger partial charge in [-0.15, -0.1) is 11.3 Å². The number of aryl methyl sites for hydroxylation is 2. The van der Waals surface area contributed by atoms with Gasteiger partial charge < -0.3 is 10.4 Å². The number of aromatic nitrogens is 1. The van der Waals surface area contributed by atoms with Crippen molar-refractivity contribution in [2.45, 2.75) is 26.8 Å². The molecule has 0 aliphatic rings. The number of benzene rings is 1. The van der Waals surface area contributed by atoms with E-state index in [1.807, 2.05) is 20.8 Å². The zero-order valence-electron chi connectivity index (χ0n) is 11.4. The van der Waals surface area contributed by atoms with Crippen molar-refractivity contribution >= 4 is 33.2 Å². The minimum absolute atomic E-state index is 0.0405. The Bertz CT molecular complexity index is 655. The lowest BCUT2D eigenvalue weighted by molar-refractivity contribution is 0.0937. The van der Waals surface area contributed by atoms with Crippen LogP contribution in [0.15, 0.2) is 22.7 Å². The number of phenolic OH excluding ortho intramolecular Hbond substituents is 1. The first kappa shape index (κ1) is 15.0. The summed E-state index contributed by atoms with van der Waals surface area (Å²) in [6, 6.07) is 4.67. The van der Waals surface area contributed by atoms with Gasteiger partial charge in [-0.3, -0.25) is 4.79 Å². The molecule has 0 saturated heterocycles. The molecule has 0 aliphatic heterocycles. The average Bonchev–Trinajstić information content (AvgIpc) is 2.68. The molecule has 2 rings (SSSR count). The minimum Gasteiger partial charge on any atom is -0.507 e. The maximum Gasteiger partial charge on any atom is 0.255 e. The summed E-state index contributed by atoms with van der Waals surface area (Å²) in [7, 11) is 0. The Morgan fingerprint density at radius 3 is 2.70 bits per heavy atom. The summed E-state index contributed by atoms with van der Waals surface area (Å²) in [4.78, 5) is 17.6. The molecule has 1 unspecified atom stereocenters. The second-order valence-electron chi connectivity index (χ2n) is 4.54. The number of rotatable bonds is 3. The Labute approximate surface area is 130 Å².